The van der Waals surface area contributed by atoms with Crippen molar-refractivity contribution in [1.29, 1.82) is 0 Å². The molecule has 1 aliphatic heterocycles. The topological polar surface area (TPSA) is 41.1 Å². The van der Waals surface area contributed by atoms with Crippen molar-refractivity contribution in [2.24, 2.45) is 0 Å². The Morgan fingerprint density at radius 2 is 1.20 bits per heavy atom. The molecular formula is C5H10Cl2N2O. The van der Waals surface area contributed by atoms with Gasteiger partial charge in [0.2, 0.25) is 0 Å². The van der Waals surface area contributed by atoms with E-state index in [2.05, 4.69) is 33.8 Å². The van der Waals surface area contributed by atoms with Crippen molar-refractivity contribution >= 4 is 27.9 Å². The SMILES string of the molecule is C1CNCCN1.O=C(Cl)Cl. The molecule has 0 spiro atoms. The van der Waals surface area contributed by atoms with Gasteiger partial charge in [-0.15, -0.1) is 0 Å². The normalized spacial score (nSPS) is 17.0. The van der Waals surface area contributed by atoms with E-state index >= 15 is 0 Å². The molecule has 0 aliphatic carbocycles. The van der Waals surface area contributed by atoms with Crippen LogP contribution in [0.15, 0.2) is 0 Å². The summed E-state index contributed by atoms with van der Waals surface area (Å²) < 4.78 is -0.889. The van der Waals surface area contributed by atoms with Gasteiger partial charge in [0.25, 0.3) is 0 Å². The highest BCUT2D eigenvalue weighted by atomic mass is 35.5. The van der Waals surface area contributed by atoms with Crippen molar-refractivity contribution in [1.82, 2.24) is 10.6 Å². The second kappa shape index (κ2) is 7.28. The average molecular weight is 185 g/mol. The van der Waals surface area contributed by atoms with Crippen LogP contribution < -0.4 is 10.6 Å². The summed E-state index contributed by atoms with van der Waals surface area (Å²) in [6.07, 6.45) is 0. The van der Waals surface area contributed by atoms with E-state index in [-0.39, 0.29) is 0 Å². The highest BCUT2D eigenvalue weighted by Gasteiger charge is 1.91. The monoisotopic (exact) mass is 184 g/mol. The number of rotatable bonds is 0. The number of nitrogens with one attached hydrogen (secondary N) is 2. The summed E-state index contributed by atoms with van der Waals surface area (Å²) in [5.74, 6) is 0. The van der Waals surface area contributed by atoms with E-state index in [1.165, 1.54) is 0 Å². The molecule has 0 bridgehead atoms. The van der Waals surface area contributed by atoms with E-state index < -0.39 is 4.70 Å². The molecule has 1 fully saturated rings. The van der Waals surface area contributed by atoms with Gasteiger partial charge in [0, 0.05) is 26.2 Å². The molecule has 5 heteroatoms. The zero-order valence-corrected chi connectivity index (χ0v) is 7.00. The molecule has 0 aromatic carbocycles. The predicted molar refractivity (Wildman–Crippen MR) is 42.8 cm³/mol. The first-order chi connectivity index (χ1) is 4.73. The number of piperazine rings is 1. The summed E-state index contributed by atoms with van der Waals surface area (Å²) in [5, 5.41) is 6.44. The first-order valence-corrected chi connectivity index (χ1v) is 3.75. The van der Waals surface area contributed by atoms with Crippen molar-refractivity contribution in [3.8, 4) is 0 Å². The van der Waals surface area contributed by atoms with Crippen molar-refractivity contribution in [3.63, 3.8) is 0 Å². The van der Waals surface area contributed by atoms with Crippen LogP contribution >= 0.6 is 23.2 Å². The second-order valence-corrected chi connectivity index (χ2v) is 2.61. The lowest BCUT2D eigenvalue weighted by Crippen LogP contribution is -2.39. The zero-order chi connectivity index (χ0) is 7.82. The third kappa shape index (κ3) is 11.0. The van der Waals surface area contributed by atoms with Gasteiger partial charge in [0.05, 0.1) is 0 Å². The van der Waals surface area contributed by atoms with E-state index in [1.54, 1.807) is 0 Å². The van der Waals surface area contributed by atoms with Crippen LogP contribution in [-0.4, -0.2) is 30.9 Å². The number of hydrogen-bond donors (Lipinski definition) is 2. The minimum absolute atomic E-state index is 0.889. The summed E-state index contributed by atoms with van der Waals surface area (Å²) in [5.41, 5.74) is 0. The van der Waals surface area contributed by atoms with Crippen LogP contribution in [0.5, 0.6) is 0 Å². The summed E-state index contributed by atoms with van der Waals surface area (Å²) >= 11 is 8.80. The Morgan fingerprint density at radius 3 is 1.30 bits per heavy atom. The van der Waals surface area contributed by atoms with Crippen LogP contribution in [0.4, 0.5) is 4.79 Å². The second-order valence-electron chi connectivity index (χ2n) is 1.73. The minimum Gasteiger partial charge on any atom is -0.314 e. The van der Waals surface area contributed by atoms with Crippen LogP contribution in [0.25, 0.3) is 0 Å². The Balaban J connectivity index is 0.000000180. The first kappa shape index (κ1) is 10.2. The third-order valence-corrected chi connectivity index (χ3v) is 0.957. The molecule has 0 unspecified atom stereocenters. The molecule has 0 radical (unpaired) electrons. The smallest absolute Gasteiger partial charge is 0.313 e. The number of hydrogen-bond acceptors (Lipinski definition) is 3. The Bertz CT molecular complexity index is 80.1. The van der Waals surface area contributed by atoms with Gasteiger partial charge in [-0.1, -0.05) is 0 Å². The fraction of sp³-hybridized carbons (Fsp3) is 0.800. The summed E-state index contributed by atoms with van der Waals surface area (Å²) in [4.78, 5) is 8.98. The molecule has 60 valence electrons. The van der Waals surface area contributed by atoms with Crippen LogP contribution in [0.3, 0.4) is 0 Å². The van der Waals surface area contributed by atoms with Gasteiger partial charge in [0.15, 0.2) is 0 Å². The Labute approximate surface area is 70.1 Å². The van der Waals surface area contributed by atoms with Crippen LogP contribution in [0.2, 0.25) is 0 Å². The highest BCUT2D eigenvalue weighted by molar-refractivity contribution is 6.93. The Kier molecular flexibility index (Phi) is 7.40. The van der Waals surface area contributed by atoms with E-state index in [4.69, 9.17) is 4.79 Å². The molecule has 0 atom stereocenters. The molecule has 0 aromatic rings. The lowest BCUT2D eigenvalue weighted by Gasteiger charge is -2.11. The quantitative estimate of drug-likeness (QED) is 0.547. The summed E-state index contributed by atoms with van der Waals surface area (Å²) in [6, 6.07) is 0. The summed E-state index contributed by atoms with van der Waals surface area (Å²) in [6.45, 7) is 4.56. The van der Waals surface area contributed by atoms with Gasteiger partial charge in [-0.2, -0.15) is 0 Å². The van der Waals surface area contributed by atoms with E-state index in [9.17, 15) is 0 Å². The van der Waals surface area contributed by atoms with Crippen LogP contribution in [-0.2, 0) is 0 Å². The zero-order valence-electron chi connectivity index (χ0n) is 5.49. The molecule has 1 saturated heterocycles. The maximum atomic E-state index is 8.98. The van der Waals surface area contributed by atoms with Crippen LogP contribution in [0, 0.1) is 0 Å². The van der Waals surface area contributed by atoms with Gasteiger partial charge in [-0.25, -0.2) is 0 Å². The highest BCUT2D eigenvalue weighted by Crippen LogP contribution is 1.84. The number of carbonyl (C=O) groups excluding carboxylic acids is 1. The van der Waals surface area contributed by atoms with Gasteiger partial charge in [0.1, 0.15) is 0 Å². The van der Waals surface area contributed by atoms with Crippen LogP contribution in [0.1, 0.15) is 0 Å². The van der Waals surface area contributed by atoms with Crippen molar-refractivity contribution in [3.05, 3.63) is 0 Å². The summed E-state index contributed by atoms with van der Waals surface area (Å²) in [7, 11) is 0. The third-order valence-electron chi connectivity index (χ3n) is 0.957. The predicted octanol–water partition coefficient (Wildman–Crippen LogP) is 0.763. The Morgan fingerprint density at radius 1 is 1.00 bits per heavy atom. The number of carbonyl (C=O) groups is 1. The average Bonchev–Trinajstić information content (AvgIpc) is 1.90. The lowest BCUT2D eigenvalue weighted by molar-refractivity contribution is 0.275. The van der Waals surface area contributed by atoms with Gasteiger partial charge >= 0.3 is 4.70 Å². The molecule has 0 amide bonds. The largest absolute Gasteiger partial charge is 0.314 e. The number of halogens is 2. The van der Waals surface area contributed by atoms with Crippen molar-refractivity contribution < 1.29 is 4.79 Å². The maximum absolute atomic E-state index is 8.98. The van der Waals surface area contributed by atoms with E-state index in [0.717, 1.165) is 26.2 Å². The van der Waals surface area contributed by atoms with E-state index in [1.807, 2.05) is 0 Å². The molecule has 0 aromatic heterocycles. The van der Waals surface area contributed by atoms with Crippen molar-refractivity contribution in [2.75, 3.05) is 26.2 Å². The maximum Gasteiger partial charge on any atom is 0.313 e. The molecule has 3 nitrogen and oxygen atoms in total. The molecule has 1 heterocycles. The molecule has 10 heavy (non-hydrogen) atoms. The molecular weight excluding hydrogens is 175 g/mol. The molecule has 1 aliphatic rings. The first-order valence-electron chi connectivity index (χ1n) is 3.00. The van der Waals surface area contributed by atoms with E-state index in [0.29, 0.717) is 0 Å². The molecule has 2 N–H and O–H groups in total. The van der Waals surface area contributed by atoms with Gasteiger partial charge < -0.3 is 10.6 Å². The Hall–Kier alpha value is 0.170. The lowest BCUT2D eigenvalue weighted by atomic mass is 10.4. The molecule has 1 rings (SSSR count). The minimum atomic E-state index is -0.889. The fourth-order valence-corrected chi connectivity index (χ4v) is 0.604. The van der Waals surface area contributed by atoms with Crippen molar-refractivity contribution in [2.45, 2.75) is 0 Å². The van der Waals surface area contributed by atoms with Gasteiger partial charge in [-0.3, -0.25) is 4.79 Å². The fourth-order valence-electron chi connectivity index (χ4n) is 0.604. The molecule has 0 saturated carbocycles. The standard InChI is InChI=1S/C4H10N2.CCl2O/c1-2-6-4-3-5-1;2-1(3)4/h5-6H,1-4H2;. The van der Waals surface area contributed by atoms with Gasteiger partial charge in [-0.05, 0) is 23.2 Å².